The maximum Gasteiger partial charge on any atom is 0.271 e. The number of rotatable bonds is 7. The van der Waals surface area contributed by atoms with E-state index in [2.05, 4.69) is 16.4 Å². The average Bonchev–Trinajstić information content (AvgIpc) is 2.63. The highest BCUT2D eigenvalue weighted by molar-refractivity contribution is 7.99. The molecule has 1 amide bonds. The molecule has 0 aliphatic rings. The molecule has 0 atom stereocenters. The van der Waals surface area contributed by atoms with E-state index in [0.717, 1.165) is 11.3 Å². The summed E-state index contributed by atoms with van der Waals surface area (Å²) >= 11 is 1.35. The normalized spacial score (nSPS) is 10.5. The van der Waals surface area contributed by atoms with Crippen LogP contribution in [0.1, 0.15) is 43.0 Å². The molecule has 8 heteroatoms. The van der Waals surface area contributed by atoms with Crippen molar-refractivity contribution in [2.45, 2.75) is 38.1 Å². The van der Waals surface area contributed by atoms with Crippen LogP contribution < -0.4 is 5.32 Å². The molecule has 2 rings (SSSR count). The highest BCUT2D eigenvalue weighted by Crippen LogP contribution is 2.25. The van der Waals surface area contributed by atoms with Crippen LogP contribution in [-0.4, -0.2) is 21.6 Å². The van der Waals surface area contributed by atoms with Crippen molar-refractivity contribution in [1.29, 1.82) is 5.26 Å². The average molecular weight is 384 g/mol. The van der Waals surface area contributed by atoms with Crippen molar-refractivity contribution in [2.24, 2.45) is 0 Å². The Morgan fingerprint density at radius 2 is 2.11 bits per heavy atom. The fourth-order valence-corrected chi connectivity index (χ4v) is 3.20. The van der Waals surface area contributed by atoms with Crippen LogP contribution in [0.4, 0.5) is 11.4 Å². The Morgan fingerprint density at radius 3 is 2.74 bits per heavy atom. The lowest BCUT2D eigenvalue weighted by Gasteiger charge is -2.10. The standard InChI is InChI=1S/C19H20N4O3S/c1-12(2)16-7-5-14(11-20)19(22-16)27-9-8-18(24)21-17-10-15(23(25)26)6-4-13(17)3/h4-7,10,12H,8-9H2,1-3H3,(H,21,24). The number of carbonyl (C=O) groups is 1. The molecule has 0 radical (unpaired) electrons. The number of hydrogen-bond donors (Lipinski definition) is 1. The quantitative estimate of drug-likeness (QED) is 0.430. The Labute approximate surface area is 162 Å². The first-order chi connectivity index (χ1) is 12.8. The molecule has 0 aliphatic carbocycles. The number of nitro benzene ring substituents is 1. The predicted octanol–water partition coefficient (Wildman–Crippen LogP) is 4.41. The minimum atomic E-state index is -0.498. The molecule has 0 spiro atoms. The summed E-state index contributed by atoms with van der Waals surface area (Å²) in [6, 6.07) is 10.1. The molecule has 1 aromatic carbocycles. The molecule has 1 N–H and O–H groups in total. The van der Waals surface area contributed by atoms with E-state index in [-0.39, 0.29) is 23.9 Å². The Morgan fingerprint density at radius 1 is 1.37 bits per heavy atom. The molecular formula is C19H20N4O3S. The number of aryl methyl sites for hydroxylation is 1. The van der Waals surface area contributed by atoms with Gasteiger partial charge >= 0.3 is 0 Å². The van der Waals surface area contributed by atoms with E-state index in [1.165, 1.54) is 23.9 Å². The molecule has 1 aromatic heterocycles. The number of hydrogen-bond acceptors (Lipinski definition) is 6. The summed E-state index contributed by atoms with van der Waals surface area (Å²) in [7, 11) is 0. The second-order valence-electron chi connectivity index (χ2n) is 6.26. The van der Waals surface area contributed by atoms with Crippen LogP contribution in [0.2, 0.25) is 0 Å². The van der Waals surface area contributed by atoms with Gasteiger partial charge in [0.2, 0.25) is 5.91 Å². The number of nitrogens with one attached hydrogen (secondary N) is 1. The number of nitriles is 1. The molecule has 0 fully saturated rings. The smallest absolute Gasteiger partial charge is 0.271 e. The largest absolute Gasteiger partial charge is 0.326 e. The number of benzene rings is 1. The first-order valence-electron chi connectivity index (χ1n) is 8.40. The minimum absolute atomic E-state index is 0.0707. The highest BCUT2D eigenvalue weighted by Gasteiger charge is 2.13. The molecule has 0 saturated heterocycles. The molecule has 0 unspecified atom stereocenters. The van der Waals surface area contributed by atoms with E-state index in [9.17, 15) is 20.2 Å². The number of aromatic nitrogens is 1. The molecule has 140 valence electrons. The van der Waals surface area contributed by atoms with Crippen molar-refractivity contribution in [1.82, 2.24) is 4.98 Å². The van der Waals surface area contributed by atoms with E-state index in [1.807, 2.05) is 19.9 Å². The van der Waals surface area contributed by atoms with Gasteiger partial charge in [-0.25, -0.2) is 4.98 Å². The lowest BCUT2D eigenvalue weighted by atomic mass is 10.1. The molecule has 0 saturated carbocycles. The van der Waals surface area contributed by atoms with Crippen molar-refractivity contribution >= 4 is 29.0 Å². The fraction of sp³-hybridized carbons (Fsp3) is 0.316. The third kappa shape index (κ3) is 5.53. The summed E-state index contributed by atoms with van der Waals surface area (Å²) in [6.07, 6.45) is 0.200. The molecule has 7 nitrogen and oxygen atoms in total. The van der Waals surface area contributed by atoms with Gasteiger partial charge in [-0.15, -0.1) is 11.8 Å². The van der Waals surface area contributed by atoms with Crippen molar-refractivity contribution in [2.75, 3.05) is 11.1 Å². The van der Waals surface area contributed by atoms with Crippen LogP contribution in [0, 0.1) is 28.4 Å². The third-order valence-corrected chi connectivity index (χ3v) is 4.86. The first kappa shape index (κ1) is 20.4. The lowest BCUT2D eigenvalue weighted by molar-refractivity contribution is -0.384. The Hall–Kier alpha value is -2.92. The predicted molar refractivity (Wildman–Crippen MR) is 105 cm³/mol. The second-order valence-corrected chi connectivity index (χ2v) is 7.34. The van der Waals surface area contributed by atoms with Crippen LogP contribution in [-0.2, 0) is 4.79 Å². The number of carbonyl (C=O) groups excluding carboxylic acids is 1. The molecule has 1 heterocycles. The number of anilines is 1. The van der Waals surface area contributed by atoms with Crippen LogP contribution in [0.15, 0.2) is 35.4 Å². The molecule has 0 bridgehead atoms. The first-order valence-corrected chi connectivity index (χ1v) is 9.39. The van der Waals surface area contributed by atoms with Crippen molar-refractivity contribution in [3.63, 3.8) is 0 Å². The maximum atomic E-state index is 12.2. The van der Waals surface area contributed by atoms with Gasteiger partial charge < -0.3 is 5.32 Å². The monoisotopic (exact) mass is 384 g/mol. The van der Waals surface area contributed by atoms with Crippen LogP contribution in [0.3, 0.4) is 0 Å². The summed E-state index contributed by atoms with van der Waals surface area (Å²) < 4.78 is 0. The van der Waals surface area contributed by atoms with Crippen LogP contribution in [0.25, 0.3) is 0 Å². The van der Waals surface area contributed by atoms with Crippen molar-refractivity contribution < 1.29 is 9.72 Å². The second kappa shape index (κ2) is 9.14. The zero-order valence-corrected chi connectivity index (χ0v) is 16.2. The minimum Gasteiger partial charge on any atom is -0.326 e. The summed E-state index contributed by atoms with van der Waals surface area (Å²) in [5.41, 5.74) is 2.49. The summed E-state index contributed by atoms with van der Waals surface area (Å²) in [5.74, 6) is 0.449. The van der Waals surface area contributed by atoms with Gasteiger partial charge in [0, 0.05) is 30.0 Å². The molecular weight excluding hydrogens is 364 g/mol. The van der Waals surface area contributed by atoms with Gasteiger partial charge in [-0.1, -0.05) is 19.9 Å². The van der Waals surface area contributed by atoms with Crippen LogP contribution in [0.5, 0.6) is 0 Å². The SMILES string of the molecule is Cc1ccc([N+](=O)[O-])cc1NC(=O)CCSc1nc(C(C)C)ccc1C#N. The number of thioether (sulfide) groups is 1. The van der Waals surface area contributed by atoms with Gasteiger partial charge in [-0.2, -0.15) is 5.26 Å². The van der Waals surface area contributed by atoms with E-state index in [0.29, 0.717) is 22.0 Å². The van der Waals surface area contributed by atoms with E-state index >= 15 is 0 Å². The van der Waals surface area contributed by atoms with E-state index in [1.54, 1.807) is 19.1 Å². The summed E-state index contributed by atoms with van der Waals surface area (Å²) in [4.78, 5) is 27.1. The van der Waals surface area contributed by atoms with Crippen molar-refractivity contribution in [3.8, 4) is 6.07 Å². The zero-order valence-electron chi connectivity index (χ0n) is 15.4. The van der Waals surface area contributed by atoms with Gasteiger partial charge in [0.05, 0.1) is 16.2 Å². The number of pyridine rings is 1. The Balaban J connectivity index is 1.99. The highest BCUT2D eigenvalue weighted by atomic mass is 32.2. The fourth-order valence-electron chi connectivity index (χ4n) is 2.28. The number of nitro groups is 1. The van der Waals surface area contributed by atoms with Crippen LogP contribution >= 0.6 is 11.8 Å². The van der Waals surface area contributed by atoms with Gasteiger partial charge in [-0.3, -0.25) is 14.9 Å². The number of amides is 1. The van der Waals surface area contributed by atoms with Gasteiger partial charge in [0.15, 0.2) is 0 Å². The number of non-ortho nitro benzene ring substituents is 1. The Bertz CT molecular complexity index is 906. The van der Waals surface area contributed by atoms with E-state index < -0.39 is 4.92 Å². The van der Waals surface area contributed by atoms with Gasteiger partial charge in [-0.05, 0) is 30.5 Å². The lowest BCUT2D eigenvalue weighted by Crippen LogP contribution is -2.13. The van der Waals surface area contributed by atoms with E-state index in [4.69, 9.17) is 0 Å². The third-order valence-electron chi connectivity index (χ3n) is 3.87. The zero-order chi connectivity index (χ0) is 20.0. The van der Waals surface area contributed by atoms with Gasteiger partial charge in [0.1, 0.15) is 11.1 Å². The summed E-state index contributed by atoms with van der Waals surface area (Å²) in [6.45, 7) is 5.82. The van der Waals surface area contributed by atoms with Crippen molar-refractivity contribution in [3.05, 3.63) is 57.3 Å². The maximum absolute atomic E-state index is 12.2. The summed E-state index contributed by atoms with van der Waals surface area (Å²) in [5, 5.41) is 23.4. The number of nitrogens with zero attached hydrogens (tertiary/aromatic N) is 3. The topological polar surface area (TPSA) is 109 Å². The Kier molecular flexibility index (Phi) is 6.91. The molecule has 2 aromatic rings. The molecule has 0 aliphatic heterocycles. The van der Waals surface area contributed by atoms with Gasteiger partial charge in [0.25, 0.3) is 5.69 Å². The molecule has 27 heavy (non-hydrogen) atoms.